The Labute approximate surface area is 188 Å². The summed E-state index contributed by atoms with van der Waals surface area (Å²) in [5.74, 6) is -0.213. The summed E-state index contributed by atoms with van der Waals surface area (Å²) >= 11 is 1.41. The van der Waals surface area contributed by atoms with Crippen LogP contribution in [0.25, 0.3) is 11.1 Å². The predicted molar refractivity (Wildman–Crippen MR) is 130 cm³/mol. The molecular formula is C26H30N2O2S. The smallest absolute Gasteiger partial charge is 0.257 e. The lowest BCUT2D eigenvalue weighted by Crippen LogP contribution is -2.33. The Hall–Kier alpha value is -2.92. The second-order valence-corrected chi connectivity index (χ2v) is 8.42. The van der Waals surface area contributed by atoms with Crippen LogP contribution in [0.15, 0.2) is 66.0 Å². The first-order chi connectivity index (χ1) is 15.2. The number of carbonyl (C=O) groups is 2. The normalized spacial score (nSPS) is 10.6. The molecule has 31 heavy (non-hydrogen) atoms. The van der Waals surface area contributed by atoms with Crippen LogP contribution < -0.4 is 5.32 Å². The molecule has 0 bridgehead atoms. The molecule has 0 radical (unpaired) electrons. The largest absolute Gasteiger partial charge is 0.339 e. The Morgan fingerprint density at radius 1 is 0.871 bits per heavy atom. The van der Waals surface area contributed by atoms with Gasteiger partial charge in [0.15, 0.2) is 0 Å². The molecule has 0 aliphatic carbocycles. The molecule has 0 unspecified atom stereocenters. The number of thiophene rings is 1. The molecule has 0 aliphatic heterocycles. The highest BCUT2D eigenvalue weighted by Crippen LogP contribution is 2.37. The maximum atomic E-state index is 13.7. The summed E-state index contributed by atoms with van der Waals surface area (Å²) < 4.78 is 0. The molecule has 2 aromatic carbocycles. The number of nitrogens with zero attached hydrogens (tertiary/aromatic N) is 1. The summed E-state index contributed by atoms with van der Waals surface area (Å²) in [6.45, 7) is 5.72. The van der Waals surface area contributed by atoms with Crippen LogP contribution in [-0.2, 0) is 0 Å². The number of hydrogen-bond acceptors (Lipinski definition) is 3. The minimum atomic E-state index is -0.204. The van der Waals surface area contributed by atoms with Crippen molar-refractivity contribution in [1.29, 1.82) is 0 Å². The van der Waals surface area contributed by atoms with Gasteiger partial charge in [0.2, 0.25) is 0 Å². The van der Waals surface area contributed by atoms with E-state index >= 15 is 0 Å². The van der Waals surface area contributed by atoms with Gasteiger partial charge in [-0.1, -0.05) is 75.2 Å². The Morgan fingerprint density at radius 2 is 1.45 bits per heavy atom. The average molecular weight is 435 g/mol. The zero-order chi connectivity index (χ0) is 22.1. The number of hydrogen-bond donors (Lipinski definition) is 1. The second-order valence-electron chi connectivity index (χ2n) is 7.54. The monoisotopic (exact) mass is 434 g/mol. The van der Waals surface area contributed by atoms with E-state index in [1.54, 1.807) is 12.1 Å². The van der Waals surface area contributed by atoms with Gasteiger partial charge in [0, 0.05) is 29.6 Å². The van der Waals surface area contributed by atoms with Crippen molar-refractivity contribution in [3.8, 4) is 11.1 Å². The van der Waals surface area contributed by atoms with E-state index in [4.69, 9.17) is 0 Å². The van der Waals surface area contributed by atoms with Crippen LogP contribution in [0.3, 0.4) is 0 Å². The fraction of sp³-hybridized carbons (Fsp3) is 0.308. The number of carbonyl (C=O) groups excluding carboxylic acids is 2. The van der Waals surface area contributed by atoms with Crippen LogP contribution in [0.2, 0.25) is 0 Å². The number of anilines is 1. The van der Waals surface area contributed by atoms with Crippen molar-refractivity contribution < 1.29 is 9.59 Å². The average Bonchev–Trinajstić information content (AvgIpc) is 3.23. The lowest BCUT2D eigenvalue weighted by atomic mass is 10.0. The summed E-state index contributed by atoms with van der Waals surface area (Å²) in [5, 5.41) is 5.58. The van der Waals surface area contributed by atoms with Crippen molar-refractivity contribution >= 4 is 28.2 Å². The molecule has 0 aliphatic rings. The molecule has 1 N–H and O–H groups in total. The van der Waals surface area contributed by atoms with E-state index in [0.717, 1.165) is 49.9 Å². The highest BCUT2D eigenvalue weighted by molar-refractivity contribution is 7.15. The van der Waals surface area contributed by atoms with Gasteiger partial charge in [-0.15, -0.1) is 11.3 Å². The SMILES string of the molecule is CCCCN(CCCC)C(=O)c1c(-c2ccccc2)csc1NC(=O)c1ccccc1. The Balaban J connectivity index is 1.98. The standard InChI is InChI=1S/C26H30N2O2S/c1-3-5-17-28(18-6-4-2)26(30)23-22(20-13-9-7-10-14-20)19-31-25(23)27-24(29)21-15-11-8-12-16-21/h7-16,19H,3-6,17-18H2,1-2H3,(H,27,29). The Morgan fingerprint density at radius 3 is 2.03 bits per heavy atom. The van der Waals surface area contributed by atoms with E-state index in [0.29, 0.717) is 16.1 Å². The molecule has 0 fully saturated rings. The summed E-state index contributed by atoms with van der Waals surface area (Å²) in [7, 11) is 0. The van der Waals surface area contributed by atoms with Crippen molar-refractivity contribution in [2.75, 3.05) is 18.4 Å². The van der Waals surface area contributed by atoms with Gasteiger partial charge in [0.1, 0.15) is 5.00 Å². The number of unbranched alkanes of at least 4 members (excludes halogenated alkanes) is 2. The highest BCUT2D eigenvalue weighted by atomic mass is 32.1. The molecule has 3 aromatic rings. The molecule has 0 saturated carbocycles. The molecule has 3 rings (SSSR count). The van der Waals surface area contributed by atoms with Crippen molar-refractivity contribution in [2.24, 2.45) is 0 Å². The third-order valence-electron chi connectivity index (χ3n) is 5.20. The van der Waals surface area contributed by atoms with Gasteiger partial charge in [-0.05, 0) is 30.5 Å². The van der Waals surface area contributed by atoms with E-state index in [1.807, 2.05) is 58.8 Å². The highest BCUT2D eigenvalue weighted by Gasteiger charge is 2.25. The van der Waals surface area contributed by atoms with Gasteiger partial charge in [0.25, 0.3) is 11.8 Å². The van der Waals surface area contributed by atoms with E-state index in [9.17, 15) is 9.59 Å². The number of amides is 2. The molecule has 0 saturated heterocycles. The Kier molecular flexibility index (Phi) is 8.42. The molecule has 2 amide bonds. The van der Waals surface area contributed by atoms with Crippen LogP contribution in [-0.4, -0.2) is 29.8 Å². The molecule has 0 atom stereocenters. The van der Waals surface area contributed by atoms with E-state index < -0.39 is 0 Å². The number of benzene rings is 2. The first kappa shape index (κ1) is 22.8. The maximum Gasteiger partial charge on any atom is 0.257 e. The van der Waals surface area contributed by atoms with Crippen LogP contribution in [0.4, 0.5) is 5.00 Å². The van der Waals surface area contributed by atoms with Crippen molar-refractivity contribution in [3.05, 3.63) is 77.2 Å². The fourth-order valence-corrected chi connectivity index (χ4v) is 4.38. The number of rotatable bonds is 10. The quantitative estimate of drug-likeness (QED) is 0.385. The topological polar surface area (TPSA) is 49.4 Å². The van der Waals surface area contributed by atoms with Crippen LogP contribution in [0.1, 0.15) is 60.2 Å². The van der Waals surface area contributed by atoms with Crippen LogP contribution in [0, 0.1) is 0 Å². The third kappa shape index (κ3) is 5.82. The predicted octanol–water partition coefficient (Wildman–Crippen LogP) is 6.71. The molecule has 4 nitrogen and oxygen atoms in total. The van der Waals surface area contributed by atoms with Gasteiger partial charge in [-0.25, -0.2) is 0 Å². The van der Waals surface area contributed by atoms with Gasteiger partial charge in [0.05, 0.1) is 5.56 Å². The minimum Gasteiger partial charge on any atom is -0.339 e. The van der Waals surface area contributed by atoms with Crippen molar-refractivity contribution in [3.63, 3.8) is 0 Å². The summed E-state index contributed by atoms with van der Waals surface area (Å²) in [6.07, 6.45) is 3.99. The molecule has 0 spiro atoms. The lowest BCUT2D eigenvalue weighted by molar-refractivity contribution is 0.0753. The van der Waals surface area contributed by atoms with Crippen LogP contribution >= 0.6 is 11.3 Å². The minimum absolute atomic E-state index is 0.00892. The molecule has 1 aromatic heterocycles. The second kappa shape index (κ2) is 11.5. The van der Waals surface area contributed by atoms with E-state index in [-0.39, 0.29) is 11.8 Å². The molecule has 162 valence electrons. The van der Waals surface area contributed by atoms with Crippen molar-refractivity contribution in [2.45, 2.75) is 39.5 Å². The van der Waals surface area contributed by atoms with Gasteiger partial charge >= 0.3 is 0 Å². The third-order valence-corrected chi connectivity index (χ3v) is 6.10. The van der Waals surface area contributed by atoms with E-state index in [2.05, 4.69) is 19.2 Å². The maximum absolute atomic E-state index is 13.7. The zero-order valence-electron chi connectivity index (χ0n) is 18.3. The van der Waals surface area contributed by atoms with Crippen LogP contribution in [0.5, 0.6) is 0 Å². The Bertz CT molecular complexity index is 975. The number of nitrogens with one attached hydrogen (secondary N) is 1. The van der Waals surface area contributed by atoms with Gasteiger partial charge < -0.3 is 10.2 Å². The van der Waals surface area contributed by atoms with Crippen molar-refractivity contribution in [1.82, 2.24) is 4.90 Å². The summed E-state index contributed by atoms with van der Waals surface area (Å²) in [4.78, 5) is 28.5. The molecular weight excluding hydrogens is 404 g/mol. The zero-order valence-corrected chi connectivity index (χ0v) is 19.1. The first-order valence-electron chi connectivity index (χ1n) is 11.0. The fourth-order valence-electron chi connectivity index (χ4n) is 3.43. The lowest BCUT2D eigenvalue weighted by Gasteiger charge is -2.23. The van der Waals surface area contributed by atoms with Gasteiger partial charge in [-0.3, -0.25) is 9.59 Å². The molecule has 1 heterocycles. The first-order valence-corrected chi connectivity index (χ1v) is 11.9. The van der Waals surface area contributed by atoms with E-state index in [1.165, 1.54) is 11.3 Å². The summed E-state index contributed by atoms with van der Waals surface area (Å²) in [6, 6.07) is 19.0. The molecule has 5 heteroatoms. The summed E-state index contributed by atoms with van der Waals surface area (Å²) in [5.41, 5.74) is 3.02. The van der Waals surface area contributed by atoms with Gasteiger partial charge in [-0.2, -0.15) is 0 Å².